The molecule has 2 aromatic carbocycles. The number of benzene rings is 2. The zero-order valence-electron chi connectivity index (χ0n) is 15.8. The van der Waals surface area contributed by atoms with Crippen LogP contribution in [0.4, 0.5) is 24.5 Å². The van der Waals surface area contributed by atoms with Gasteiger partial charge in [0.15, 0.2) is 0 Å². The molecule has 0 unspecified atom stereocenters. The minimum atomic E-state index is -4.87. The first-order chi connectivity index (χ1) is 13.9. The molecule has 0 radical (unpaired) electrons. The number of rotatable bonds is 5. The number of hydrogen-bond donors (Lipinski definition) is 1. The highest BCUT2D eigenvalue weighted by Crippen LogP contribution is 2.48. The number of halogens is 3. The van der Waals surface area contributed by atoms with Gasteiger partial charge in [-0.1, -0.05) is 23.9 Å². The Bertz CT molecular complexity index is 897. The molecule has 1 fully saturated rings. The van der Waals surface area contributed by atoms with Crippen LogP contribution in [-0.4, -0.2) is 56.1 Å². The van der Waals surface area contributed by atoms with Crippen molar-refractivity contribution in [2.75, 3.05) is 44.2 Å². The van der Waals surface area contributed by atoms with E-state index in [0.29, 0.717) is 12.2 Å². The molecule has 0 aliphatic carbocycles. The molecule has 1 N–H and O–H groups in total. The molecule has 0 spiro atoms. The van der Waals surface area contributed by atoms with Gasteiger partial charge < -0.3 is 15.1 Å². The Morgan fingerprint density at radius 2 is 1.72 bits per heavy atom. The summed E-state index contributed by atoms with van der Waals surface area (Å²) < 4.78 is 38.8. The van der Waals surface area contributed by atoms with Crippen LogP contribution in [0.2, 0.25) is 0 Å². The van der Waals surface area contributed by atoms with Crippen molar-refractivity contribution in [1.82, 2.24) is 10.2 Å². The van der Waals surface area contributed by atoms with Gasteiger partial charge in [-0.3, -0.25) is 4.79 Å². The van der Waals surface area contributed by atoms with Crippen molar-refractivity contribution in [1.29, 1.82) is 0 Å². The van der Waals surface area contributed by atoms with Gasteiger partial charge in [0.2, 0.25) is 0 Å². The quantitative estimate of drug-likeness (QED) is 0.728. The molecule has 4 rings (SSSR count). The normalized spacial score (nSPS) is 17.0. The Labute approximate surface area is 172 Å². The van der Waals surface area contributed by atoms with E-state index in [4.69, 9.17) is 0 Å². The number of hydrogen-bond acceptors (Lipinski definition) is 5. The van der Waals surface area contributed by atoms with Crippen LogP contribution in [0.1, 0.15) is 16.8 Å². The van der Waals surface area contributed by atoms with E-state index in [0.717, 1.165) is 54.6 Å². The lowest BCUT2D eigenvalue weighted by Gasteiger charge is -2.34. The Balaban J connectivity index is 1.60. The number of para-hydroxylation sites is 1. The maximum absolute atomic E-state index is 12.9. The van der Waals surface area contributed by atoms with Gasteiger partial charge in [0.25, 0.3) is 5.78 Å². The summed E-state index contributed by atoms with van der Waals surface area (Å²) in [4.78, 5) is 18.1. The molecular formula is C21H22F3N3OS. The molecule has 4 nitrogen and oxygen atoms in total. The van der Waals surface area contributed by atoms with E-state index in [2.05, 4.69) is 15.1 Å². The third kappa shape index (κ3) is 4.44. The Kier molecular flexibility index (Phi) is 5.85. The highest BCUT2D eigenvalue weighted by Gasteiger charge is 2.40. The van der Waals surface area contributed by atoms with Crippen molar-refractivity contribution in [3.63, 3.8) is 0 Å². The number of nitrogens with zero attached hydrogens (tertiary/aromatic N) is 2. The van der Waals surface area contributed by atoms with E-state index in [-0.39, 0.29) is 5.56 Å². The molecule has 2 heterocycles. The average molecular weight is 421 g/mol. The van der Waals surface area contributed by atoms with Gasteiger partial charge in [0.05, 0.1) is 11.4 Å². The van der Waals surface area contributed by atoms with Crippen molar-refractivity contribution in [3.05, 3.63) is 48.0 Å². The predicted octanol–water partition coefficient (Wildman–Crippen LogP) is 4.33. The number of anilines is 2. The van der Waals surface area contributed by atoms with Crippen molar-refractivity contribution < 1.29 is 18.0 Å². The van der Waals surface area contributed by atoms with Crippen molar-refractivity contribution in [2.45, 2.75) is 22.4 Å². The van der Waals surface area contributed by atoms with Gasteiger partial charge in [-0.15, -0.1) is 0 Å². The highest BCUT2D eigenvalue weighted by molar-refractivity contribution is 7.99. The number of carbonyl (C=O) groups excluding carboxylic acids is 1. The van der Waals surface area contributed by atoms with E-state index >= 15 is 0 Å². The van der Waals surface area contributed by atoms with Gasteiger partial charge in [-0.05, 0) is 43.3 Å². The second-order valence-corrected chi connectivity index (χ2v) is 8.26. The first-order valence-electron chi connectivity index (χ1n) is 9.66. The fraction of sp³-hybridized carbons (Fsp3) is 0.381. The predicted molar refractivity (Wildman–Crippen MR) is 108 cm³/mol. The number of Topliss-reactive ketones (excluding diaryl/α,β-unsaturated/α-hetero) is 1. The molecule has 0 saturated carbocycles. The Morgan fingerprint density at radius 3 is 2.48 bits per heavy atom. The first-order valence-corrected chi connectivity index (χ1v) is 10.5. The summed E-state index contributed by atoms with van der Waals surface area (Å²) in [6.45, 7) is 5.59. The summed E-state index contributed by atoms with van der Waals surface area (Å²) in [7, 11) is 0. The third-order valence-corrected chi connectivity index (χ3v) is 6.34. The molecule has 29 heavy (non-hydrogen) atoms. The van der Waals surface area contributed by atoms with Crippen molar-refractivity contribution in [2.24, 2.45) is 0 Å². The Hall–Kier alpha value is -2.03. The minimum absolute atomic E-state index is 0.316. The number of alkyl halides is 3. The molecule has 2 aliphatic heterocycles. The van der Waals surface area contributed by atoms with E-state index < -0.39 is 12.0 Å². The zero-order chi connectivity index (χ0) is 20.4. The largest absolute Gasteiger partial charge is 0.454 e. The summed E-state index contributed by atoms with van der Waals surface area (Å²) in [5.74, 6) is -1.80. The first kappa shape index (κ1) is 20.3. The van der Waals surface area contributed by atoms with Crippen LogP contribution < -0.4 is 10.2 Å². The van der Waals surface area contributed by atoms with Crippen LogP contribution in [0, 0.1) is 0 Å². The summed E-state index contributed by atoms with van der Waals surface area (Å²) in [6.07, 6.45) is -3.99. The molecule has 2 aliphatic rings. The van der Waals surface area contributed by atoms with Crippen LogP contribution in [0.5, 0.6) is 0 Å². The molecule has 0 atom stereocenters. The molecule has 154 valence electrons. The van der Waals surface area contributed by atoms with Crippen LogP contribution in [0.15, 0.2) is 52.3 Å². The van der Waals surface area contributed by atoms with Crippen molar-refractivity contribution >= 4 is 28.9 Å². The molecule has 2 aromatic rings. The third-order valence-electron chi connectivity index (χ3n) is 5.21. The summed E-state index contributed by atoms with van der Waals surface area (Å²) in [5.41, 5.74) is 1.33. The van der Waals surface area contributed by atoms with E-state index in [1.54, 1.807) is 6.07 Å². The summed E-state index contributed by atoms with van der Waals surface area (Å²) in [6, 6.07) is 12.2. The standard InChI is InChI=1S/C21H22F3N3OS/c22-21(23,24)20(28)15-6-7-19-17(14-15)27(16-4-1-2-5-18(16)29-19)11-3-10-26-12-8-25-9-13-26/h1-2,4-7,14,25H,3,8-13H2. The minimum Gasteiger partial charge on any atom is -0.340 e. The van der Waals surface area contributed by atoms with Gasteiger partial charge >= 0.3 is 6.18 Å². The molecule has 0 bridgehead atoms. The van der Waals surface area contributed by atoms with Crippen molar-refractivity contribution in [3.8, 4) is 0 Å². The van der Waals surface area contributed by atoms with E-state index in [1.165, 1.54) is 23.9 Å². The number of nitrogens with one attached hydrogen (secondary N) is 1. The van der Waals surface area contributed by atoms with E-state index in [9.17, 15) is 18.0 Å². The fourth-order valence-corrected chi connectivity index (χ4v) is 4.84. The van der Waals surface area contributed by atoms with Gasteiger partial charge in [-0.2, -0.15) is 13.2 Å². The van der Waals surface area contributed by atoms with Crippen LogP contribution in [0.25, 0.3) is 0 Å². The number of carbonyl (C=O) groups is 1. The van der Waals surface area contributed by atoms with Crippen LogP contribution in [-0.2, 0) is 0 Å². The van der Waals surface area contributed by atoms with E-state index in [1.807, 2.05) is 24.3 Å². The summed E-state index contributed by atoms with van der Waals surface area (Å²) in [5, 5.41) is 3.33. The number of piperazine rings is 1. The Morgan fingerprint density at radius 1 is 1.00 bits per heavy atom. The van der Waals surface area contributed by atoms with Gasteiger partial charge in [0.1, 0.15) is 0 Å². The molecule has 0 amide bonds. The van der Waals surface area contributed by atoms with Crippen LogP contribution in [0.3, 0.4) is 0 Å². The smallest absolute Gasteiger partial charge is 0.340 e. The molecular weight excluding hydrogens is 399 g/mol. The fourth-order valence-electron chi connectivity index (χ4n) is 3.76. The number of fused-ring (bicyclic) bond motifs is 2. The van der Waals surface area contributed by atoms with Gasteiger partial charge in [-0.25, -0.2) is 0 Å². The maximum atomic E-state index is 12.9. The SMILES string of the molecule is O=C(c1ccc2c(c1)N(CCCN1CCNCC1)c1ccccc1S2)C(F)(F)F. The molecule has 1 saturated heterocycles. The molecule has 8 heteroatoms. The number of ketones is 1. The van der Waals surface area contributed by atoms with Crippen LogP contribution >= 0.6 is 11.8 Å². The topological polar surface area (TPSA) is 35.6 Å². The lowest BCUT2D eigenvalue weighted by molar-refractivity contribution is -0.0885. The second-order valence-electron chi connectivity index (χ2n) is 7.18. The average Bonchev–Trinajstić information content (AvgIpc) is 2.72. The molecule has 0 aromatic heterocycles. The summed E-state index contributed by atoms with van der Waals surface area (Å²) >= 11 is 1.52. The second kappa shape index (κ2) is 8.38. The lowest BCUT2D eigenvalue weighted by Crippen LogP contribution is -2.44. The van der Waals surface area contributed by atoms with Gasteiger partial charge in [0, 0.05) is 48.1 Å². The monoisotopic (exact) mass is 421 g/mol. The lowest BCUT2D eigenvalue weighted by atomic mass is 10.1. The highest BCUT2D eigenvalue weighted by atomic mass is 32.2. The zero-order valence-corrected chi connectivity index (χ0v) is 16.7. The maximum Gasteiger partial charge on any atom is 0.454 e.